The lowest BCUT2D eigenvalue weighted by atomic mass is 10.1. The van der Waals surface area contributed by atoms with Crippen molar-refractivity contribution in [3.8, 4) is 11.5 Å². The van der Waals surface area contributed by atoms with Crippen molar-refractivity contribution in [2.45, 2.75) is 0 Å². The molecule has 2 N–H and O–H groups in total. The Morgan fingerprint density at radius 2 is 1.65 bits per heavy atom. The molecule has 8 heteroatoms. The van der Waals surface area contributed by atoms with Crippen LogP contribution in [0.5, 0.6) is 11.5 Å². The molecule has 130 valence electrons. The topological polar surface area (TPSA) is 95.9 Å². The van der Waals surface area contributed by atoms with Gasteiger partial charge in [0.15, 0.2) is 5.11 Å². The van der Waals surface area contributed by atoms with Crippen molar-refractivity contribution in [2.75, 3.05) is 4.90 Å². The molecule has 0 spiro atoms. The summed E-state index contributed by atoms with van der Waals surface area (Å²) in [5.41, 5.74) is -0.132. The van der Waals surface area contributed by atoms with Gasteiger partial charge >= 0.3 is 5.97 Å². The molecule has 0 bridgehead atoms. The highest BCUT2D eigenvalue weighted by atomic mass is 32.1. The van der Waals surface area contributed by atoms with Gasteiger partial charge < -0.3 is 9.84 Å². The highest BCUT2D eigenvalue weighted by Crippen LogP contribution is 2.26. The van der Waals surface area contributed by atoms with Crippen molar-refractivity contribution < 1.29 is 24.2 Å². The molecule has 0 radical (unpaired) electrons. The summed E-state index contributed by atoms with van der Waals surface area (Å²) in [6.45, 7) is 0. The Hall–Kier alpha value is -3.52. The number of anilines is 1. The maximum absolute atomic E-state index is 12.5. The van der Waals surface area contributed by atoms with E-state index < -0.39 is 23.4 Å². The summed E-state index contributed by atoms with van der Waals surface area (Å²) in [7, 11) is 0. The van der Waals surface area contributed by atoms with Crippen LogP contribution >= 0.6 is 12.2 Å². The molecule has 0 aliphatic carbocycles. The monoisotopic (exact) mass is 368 g/mol. The Morgan fingerprint density at radius 3 is 2.27 bits per heavy atom. The molecule has 0 atom stereocenters. The van der Waals surface area contributed by atoms with E-state index in [0.717, 1.165) is 4.90 Å². The summed E-state index contributed by atoms with van der Waals surface area (Å²) in [6, 6.07) is 15.6. The Labute approximate surface area is 153 Å². The van der Waals surface area contributed by atoms with Gasteiger partial charge in [0.25, 0.3) is 11.8 Å². The molecule has 7 nitrogen and oxygen atoms in total. The number of para-hydroxylation sites is 1. The number of aliphatic carboxylic acids is 1. The van der Waals surface area contributed by atoms with Gasteiger partial charge in [0.05, 0.1) is 5.69 Å². The van der Waals surface area contributed by atoms with Crippen molar-refractivity contribution in [1.82, 2.24) is 5.32 Å². The number of carboxylic acid groups (broad SMARTS) is 1. The van der Waals surface area contributed by atoms with Gasteiger partial charge in [-0.25, -0.2) is 4.79 Å². The van der Waals surface area contributed by atoms with Gasteiger partial charge in [-0.15, -0.1) is 0 Å². The molecule has 0 unspecified atom stereocenters. The zero-order valence-corrected chi connectivity index (χ0v) is 14.0. The van der Waals surface area contributed by atoms with E-state index in [1.54, 1.807) is 36.4 Å². The number of benzene rings is 2. The number of nitrogens with zero attached hydrogens (tertiary/aromatic N) is 1. The van der Waals surface area contributed by atoms with Crippen LogP contribution in [-0.4, -0.2) is 28.0 Å². The minimum Gasteiger partial charge on any atom is -0.478 e. The highest BCUT2D eigenvalue weighted by molar-refractivity contribution is 7.80. The third-order valence-electron chi connectivity index (χ3n) is 3.44. The van der Waals surface area contributed by atoms with Crippen LogP contribution in [0.25, 0.3) is 0 Å². The number of amides is 2. The number of rotatable bonds is 4. The Kier molecular flexibility index (Phi) is 4.76. The molecule has 1 fully saturated rings. The van der Waals surface area contributed by atoms with Crippen LogP contribution < -0.4 is 15.0 Å². The second-order valence-corrected chi connectivity index (χ2v) is 5.59. The van der Waals surface area contributed by atoms with E-state index >= 15 is 0 Å². The molecule has 1 aliphatic heterocycles. The molecule has 1 heterocycles. The molecule has 2 aromatic carbocycles. The number of carbonyl (C=O) groups is 3. The lowest BCUT2D eigenvalue weighted by Crippen LogP contribution is -2.54. The largest absolute Gasteiger partial charge is 0.478 e. The summed E-state index contributed by atoms with van der Waals surface area (Å²) in [4.78, 5) is 36.1. The van der Waals surface area contributed by atoms with Crippen molar-refractivity contribution in [3.63, 3.8) is 0 Å². The smallest absolute Gasteiger partial charge is 0.329 e. The van der Waals surface area contributed by atoms with E-state index in [9.17, 15) is 14.4 Å². The van der Waals surface area contributed by atoms with Crippen molar-refractivity contribution in [2.24, 2.45) is 0 Å². The van der Waals surface area contributed by atoms with Gasteiger partial charge in [-0.3, -0.25) is 19.8 Å². The van der Waals surface area contributed by atoms with E-state index in [2.05, 4.69) is 5.32 Å². The van der Waals surface area contributed by atoms with Crippen LogP contribution in [0.2, 0.25) is 0 Å². The minimum absolute atomic E-state index is 0.126. The predicted molar refractivity (Wildman–Crippen MR) is 96.9 cm³/mol. The second kappa shape index (κ2) is 7.16. The molecule has 2 aromatic rings. The van der Waals surface area contributed by atoms with Crippen molar-refractivity contribution in [1.29, 1.82) is 0 Å². The van der Waals surface area contributed by atoms with E-state index in [0.29, 0.717) is 23.3 Å². The molecule has 1 aliphatic rings. The standard InChI is InChI=1S/C18H12N2O5S/c21-15(22)10-14-16(23)19-18(26)20(17(14)24)11-6-8-13(9-7-11)25-12-4-2-1-3-5-12/h1-10H,(H,21,22)(H,19,23,26). The molecule has 1 saturated heterocycles. The van der Waals surface area contributed by atoms with Crippen LogP contribution in [-0.2, 0) is 14.4 Å². The summed E-state index contributed by atoms with van der Waals surface area (Å²) in [5.74, 6) is -1.85. The maximum atomic E-state index is 12.5. The van der Waals surface area contributed by atoms with Crippen molar-refractivity contribution in [3.05, 3.63) is 66.2 Å². The highest BCUT2D eigenvalue weighted by Gasteiger charge is 2.35. The predicted octanol–water partition coefficient (Wildman–Crippen LogP) is 2.24. The maximum Gasteiger partial charge on any atom is 0.329 e. The van der Waals surface area contributed by atoms with Gasteiger partial charge in [0.2, 0.25) is 0 Å². The normalized spacial score (nSPS) is 15.8. The SMILES string of the molecule is O=C(O)C=C1C(=O)NC(=S)N(c2ccc(Oc3ccccc3)cc2)C1=O. The van der Waals surface area contributed by atoms with Gasteiger partial charge in [-0.1, -0.05) is 18.2 Å². The number of nitrogens with one attached hydrogen (secondary N) is 1. The molecular formula is C18H12N2O5S. The van der Waals surface area contributed by atoms with Crippen LogP contribution in [0.1, 0.15) is 0 Å². The first-order valence-corrected chi connectivity index (χ1v) is 7.84. The number of carbonyl (C=O) groups excluding carboxylic acids is 2. The van der Waals surface area contributed by atoms with Crippen LogP contribution in [0.15, 0.2) is 66.2 Å². The summed E-state index contributed by atoms with van der Waals surface area (Å²) < 4.78 is 5.67. The third kappa shape index (κ3) is 3.60. The van der Waals surface area contributed by atoms with Gasteiger partial charge in [-0.05, 0) is 48.6 Å². The fourth-order valence-electron chi connectivity index (χ4n) is 2.30. The molecule has 0 saturated carbocycles. The first kappa shape index (κ1) is 17.3. The van der Waals surface area contributed by atoms with E-state index in [1.807, 2.05) is 18.2 Å². The first-order chi connectivity index (χ1) is 12.5. The summed E-state index contributed by atoms with van der Waals surface area (Å²) in [5, 5.41) is 11.0. The number of hydrogen-bond donors (Lipinski definition) is 2. The Morgan fingerprint density at radius 1 is 1.04 bits per heavy atom. The van der Waals surface area contributed by atoms with Crippen LogP contribution in [0.3, 0.4) is 0 Å². The first-order valence-electron chi connectivity index (χ1n) is 7.43. The molecular weight excluding hydrogens is 356 g/mol. The van der Waals surface area contributed by atoms with Crippen LogP contribution in [0.4, 0.5) is 5.69 Å². The zero-order chi connectivity index (χ0) is 18.7. The fourth-order valence-corrected chi connectivity index (χ4v) is 2.58. The second-order valence-electron chi connectivity index (χ2n) is 5.21. The van der Waals surface area contributed by atoms with E-state index in [-0.39, 0.29) is 5.11 Å². The molecule has 3 rings (SSSR count). The minimum atomic E-state index is -1.40. The molecule has 2 amide bonds. The van der Waals surface area contributed by atoms with Gasteiger partial charge in [0.1, 0.15) is 17.1 Å². The van der Waals surface area contributed by atoms with Gasteiger partial charge in [0, 0.05) is 6.08 Å². The molecule has 26 heavy (non-hydrogen) atoms. The average Bonchev–Trinajstić information content (AvgIpc) is 2.61. The van der Waals surface area contributed by atoms with Crippen LogP contribution in [0, 0.1) is 0 Å². The average molecular weight is 368 g/mol. The number of ether oxygens (including phenoxy) is 1. The Balaban J connectivity index is 1.85. The Bertz CT molecular complexity index is 922. The van der Waals surface area contributed by atoms with E-state index in [4.69, 9.17) is 22.1 Å². The number of carboxylic acids is 1. The third-order valence-corrected chi connectivity index (χ3v) is 3.73. The lowest BCUT2D eigenvalue weighted by Gasteiger charge is -2.28. The summed E-state index contributed by atoms with van der Waals surface area (Å²) >= 11 is 5.03. The fraction of sp³-hybridized carbons (Fsp3) is 0. The number of thiocarbonyl (C=S) groups is 1. The quantitative estimate of drug-likeness (QED) is 0.488. The van der Waals surface area contributed by atoms with Crippen molar-refractivity contribution >= 4 is 40.8 Å². The lowest BCUT2D eigenvalue weighted by molar-refractivity contribution is -0.132. The number of hydrogen-bond acceptors (Lipinski definition) is 5. The van der Waals surface area contributed by atoms with Gasteiger partial charge in [-0.2, -0.15) is 0 Å². The van der Waals surface area contributed by atoms with E-state index in [1.165, 1.54) is 0 Å². The zero-order valence-electron chi connectivity index (χ0n) is 13.2. The summed E-state index contributed by atoms with van der Waals surface area (Å²) in [6.07, 6.45) is 0.555. The molecule has 0 aromatic heterocycles.